The number of para-hydroxylation sites is 8. The average molecular weight is 824 g/mol. The number of ether oxygens (including phenoxy) is 1. The van der Waals surface area contributed by atoms with Crippen LogP contribution in [0.1, 0.15) is 0 Å². The van der Waals surface area contributed by atoms with Crippen LogP contribution in [0.3, 0.4) is 0 Å². The lowest BCUT2D eigenvalue weighted by atomic mass is 9.99. The molecule has 0 amide bonds. The standard InChI is InChI=1S/C58H41N5O/c1-7-23-42(24-8-1)49-41-50(60-58(59-49)43-25-9-2-10-26-43)44-39-53(61(45-27-11-3-12-28-45)46-29-13-4-14-30-46)57(63-51-35-19-21-37-55(51)64-56-38-22-20-36-52(56)63)54(40-44)62(47-31-15-5-16-32-47)48-33-17-6-18-34-48/h1-41H. The largest absolute Gasteiger partial charge is 0.453 e. The molecular formula is C58H41N5O. The molecule has 304 valence electrons. The van der Waals surface area contributed by atoms with Crippen molar-refractivity contribution >= 4 is 51.2 Å². The van der Waals surface area contributed by atoms with E-state index in [-0.39, 0.29) is 0 Å². The average Bonchev–Trinajstić information content (AvgIpc) is 3.37. The minimum Gasteiger partial charge on any atom is -0.453 e. The lowest BCUT2D eigenvalue weighted by Gasteiger charge is -2.40. The molecule has 1 aromatic heterocycles. The Hall–Kier alpha value is -8.74. The fourth-order valence-electron chi connectivity index (χ4n) is 8.50. The summed E-state index contributed by atoms with van der Waals surface area (Å²) in [6, 6.07) is 86.2. The van der Waals surface area contributed by atoms with Crippen LogP contribution in [-0.2, 0) is 0 Å². The van der Waals surface area contributed by atoms with E-state index in [4.69, 9.17) is 14.7 Å². The van der Waals surface area contributed by atoms with Gasteiger partial charge in [0.25, 0.3) is 0 Å². The van der Waals surface area contributed by atoms with Crippen LogP contribution >= 0.6 is 0 Å². The highest BCUT2D eigenvalue weighted by Gasteiger charge is 2.34. The molecule has 0 saturated heterocycles. The van der Waals surface area contributed by atoms with E-state index in [9.17, 15) is 0 Å². The predicted octanol–water partition coefficient (Wildman–Crippen LogP) is 16.0. The fourth-order valence-corrected chi connectivity index (χ4v) is 8.50. The molecule has 2 heterocycles. The molecule has 0 aliphatic carbocycles. The van der Waals surface area contributed by atoms with Gasteiger partial charge in [-0.1, -0.05) is 158 Å². The number of hydrogen-bond acceptors (Lipinski definition) is 6. The summed E-state index contributed by atoms with van der Waals surface area (Å²) in [5.74, 6) is 2.16. The third-order valence-corrected chi connectivity index (χ3v) is 11.4. The molecule has 64 heavy (non-hydrogen) atoms. The second-order valence-electron chi connectivity index (χ2n) is 15.4. The maximum atomic E-state index is 6.69. The first-order valence-corrected chi connectivity index (χ1v) is 21.4. The van der Waals surface area contributed by atoms with Crippen molar-refractivity contribution in [1.82, 2.24) is 9.97 Å². The minimum atomic E-state index is 0.645. The van der Waals surface area contributed by atoms with Crippen LogP contribution in [0.2, 0.25) is 0 Å². The second kappa shape index (κ2) is 17.0. The third-order valence-electron chi connectivity index (χ3n) is 11.4. The zero-order chi connectivity index (χ0) is 42.7. The molecule has 11 rings (SSSR count). The Labute approximate surface area is 373 Å². The van der Waals surface area contributed by atoms with E-state index in [1.807, 2.05) is 48.5 Å². The number of hydrogen-bond donors (Lipinski definition) is 0. The van der Waals surface area contributed by atoms with Crippen LogP contribution in [0.5, 0.6) is 11.5 Å². The molecule has 0 spiro atoms. The highest BCUT2D eigenvalue weighted by Crippen LogP contribution is 2.59. The normalized spacial score (nSPS) is 11.5. The fraction of sp³-hybridized carbons (Fsp3) is 0. The van der Waals surface area contributed by atoms with Crippen molar-refractivity contribution in [1.29, 1.82) is 0 Å². The second-order valence-corrected chi connectivity index (χ2v) is 15.4. The van der Waals surface area contributed by atoms with Crippen LogP contribution in [-0.4, -0.2) is 9.97 Å². The van der Waals surface area contributed by atoms with Gasteiger partial charge in [-0.2, -0.15) is 0 Å². The van der Waals surface area contributed by atoms with Gasteiger partial charge in [-0.3, -0.25) is 4.90 Å². The molecule has 10 aromatic rings. The molecule has 9 aromatic carbocycles. The van der Waals surface area contributed by atoms with Crippen LogP contribution < -0.4 is 19.4 Å². The minimum absolute atomic E-state index is 0.645. The number of benzene rings is 9. The van der Waals surface area contributed by atoms with Crippen molar-refractivity contribution < 1.29 is 4.74 Å². The summed E-state index contributed by atoms with van der Waals surface area (Å²) >= 11 is 0. The summed E-state index contributed by atoms with van der Waals surface area (Å²) in [5.41, 5.74) is 13.1. The molecule has 1 aliphatic heterocycles. The lowest BCUT2D eigenvalue weighted by molar-refractivity contribution is 0.477. The van der Waals surface area contributed by atoms with Crippen LogP contribution in [0.4, 0.5) is 51.2 Å². The molecule has 0 fully saturated rings. The molecule has 0 atom stereocenters. The Morgan fingerprint density at radius 2 is 0.672 bits per heavy atom. The van der Waals surface area contributed by atoms with Gasteiger partial charge in [0.15, 0.2) is 17.3 Å². The zero-order valence-corrected chi connectivity index (χ0v) is 34.8. The van der Waals surface area contributed by atoms with Crippen molar-refractivity contribution in [2.24, 2.45) is 0 Å². The first-order valence-electron chi connectivity index (χ1n) is 21.4. The van der Waals surface area contributed by atoms with Gasteiger partial charge in [0.1, 0.15) is 0 Å². The van der Waals surface area contributed by atoms with E-state index in [1.54, 1.807) is 0 Å². The molecule has 1 aliphatic rings. The summed E-state index contributed by atoms with van der Waals surface area (Å²) in [5, 5.41) is 0. The Kier molecular flexibility index (Phi) is 10.1. The van der Waals surface area contributed by atoms with Crippen LogP contribution in [0, 0.1) is 0 Å². The summed E-state index contributed by atoms with van der Waals surface area (Å²) in [6.45, 7) is 0. The summed E-state index contributed by atoms with van der Waals surface area (Å²) < 4.78 is 6.69. The zero-order valence-electron chi connectivity index (χ0n) is 34.8. The van der Waals surface area contributed by atoms with E-state index in [2.05, 4.69) is 215 Å². The van der Waals surface area contributed by atoms with Gasteiger partial charge in [0, 0.05) is 39.4 Å². The first kappa shape index (κ1) is 38.2. The first-order chi connectivity index (χ1) is 31.8. The van der Waals surface area contributed by atoms with Gasteiger partial charge in [-0.25, -0.2) is 9.97 Å². The molecule has 6 nitrogen and oxygen atoms in total. The monoisotopic (exact) mass is 823 g/mol. The molecule has 0 bridgehead atoms. The molecular weight excluding hydrogens is 783 g/mol. The van der Waals surface area contributed by atoms with Gasteiger partial charge >= 0.3 is 0 Å². The molecule has 0 N–H and O–H groups in total. The number of rotatable bonds is 10. The quantitative estimate of drug-likeness (QED) is 0.137. The Morgan fingerprint density at radius 1 is 0.328 bits per heavy atom. The smallest absolute Gasteiger partial charge is 0.160 e. The van der Waals surface area contributed by atoms with E-state index >= 15 is 0 Å². The maximum absolute atomic E-state index is 6.69. The van der Waals surface area contributed by atoms with Gasteiger partial charge in [0.05, 0.1) is 39.8 Å². The number of anilines is 9. The highest BCUT2D eigenvalue weighted by molar-refractivity contribution is 6.05. The van der Waals surface area contributed by atoms with E-state index in [0.29, 0.717) is 5.82 Å². The maximum Gasteiger partial charge on any atom is 0.160 e. The molecule has 0 radical (unpaired) electrons. The number of nitrogens with zero attached hydrogens (tertiary/aromatic N) is 5. The van der Waals surface area contributed by atoms with Crippen LogP contribution in [0.15, 0.2) is 249 Å². The van der Waals surface area contributed by atoms with Gasteiger partial charge in [-0.15, -0.1) is 0 Å². The van der Waals surface area contributed by atoms with Crippen molar-refractivity contribution in [3.63, 3.8) is 0 Å². The Morgan fingerprint density at radius 3 is 1.09 bits per heavy atom. The summed E-state index contributed by atoms with van der Waals surface area (Å²) in [7, 11) is 0. The Balaban J connectivity index is 1.31. The van der Waals surface area contributed by atoms with E-state index < -0.39 is 0 Å². The van der Waals surface area contributed by atoms with Crippen molar-refractivity contribution in [2.75, 3.05) is 14.7 Å². The predicted molar refractivity (Wildman–Crippen MR) is 262 cm³/mol. The van der Waals surface area contributed by atoms with Gasteiger partial charge in [0.2, 0.25) is 0 Å². The van der Waals surface area contributed by atoms with Crippen molar-refractivity contribution in [3.8, 4) is 45.4 Å². The van der Waals surface area contributed by atoms with Crippen molar-refractivity contribution in [2.45, 2.75) is 0 Å². The third kappa shape index (κ3) is 7.29. The summed E-state index contributed by atoms with van der Waals surface area (Å²) in [6.07, 6.45) is 0. The van der Waals surface area contributed by atoms with Gasteiger partial charge in [-0.05, 0) is 91.0 Å². The Bertz CT molecular complexity index is 2900. The van der Waals surface area contributed by atoms with E-state index in [0.717, 1.165) is 90.8 Å². The van der Waals surface area contributed by atoms with Crippen LogP contribution in [0.25, 0.3) is 33.9 Å². The molecule has 0 unspecified atom stereocenters. The highest BCUT2D eigenvalue weighted by atomic mass is 16.5. The number of fused-ring (bicyclic) bond motifs is 2. The SMILES string of the molecule is c1ccc(-c2cc(-c3cc(N(c4ccccc4)c4ccccc4)c(N4c5ccccc5Oc5ccccc54)c(N(c4ccccc4)c4ccccc4)c3)nc(-c3ccccc3)n2)cc1. The van der Waals surface area contributed by atoms with E-state index in [1.165, 1.54) is 0 Å². The molecule has 6 heteroatoms. The lowest BCUT2D eigenvalue weighted by Crippen LogP contribution is -2.23. The molecule has 0 saturated carbocycles. The summed E-state index contributed by atoms with van der Waals surface area (Å²) in [4.78, 5) is 17.7. The topological polar surface area (TPSA) is 44.7 Å². The number of aromatic nitrogens is 2. The van der Waals surface area contributed by atoms with Crippen molar-refractivity contribution in [3.05, 3.63) is 249 Å². The van der Waals surface area contributed by atoms with Gasteiger partial charge < -0.3 is 14.5 Å².